The number of carbonyl (C=O) groups is 3. The third-order valence-electron chi connectivity index (χ3n) is 6.29. The number of amides is 2. The van der Waals surface area contributed by atoms with Gasteiger partial charge in [-0.15, -0.1) is 0 Å². The predicted molar refractivity (Wildman–Crippen MR) is 152 cm³/mol. The minimum atomic E-state index is -0.453. The molecular formula is C30H25ClN2O4S. The number of carbonyl (C=O) groups excluding carboxylic acids is 3. The zero-order valence-corrected chi connectivity index (χ0v) is 22.3. The van der Waals surface area contributed by atoms with Gasteiger partial charge in [-0.2, -0.15) is 0 Å². The Balaban J connectivity index is 1.30. The topological polar surface area (TPSA) is 68.6 Å². The molecule has 8 heteroatoms. The number of aromatic nitrogens is 1. The zero-order valence-electron chi connectivity index (χ0n) is 20.7. The van der Waals surface area contributed by atoms with Gasteiger partial charge < -0.3 is 9.30 Å². The molecule has 0 N–H and O–H groups in total. The molecule has 2 amide bonds. The van der Waals surface area contributed by atoms with E-state index in [0.717, 1.165) is 45.1 Å². The van der Waals surface area contributed by atoms with Gasteiger partial charge >= 0.3 is 0 Å². The van der Waals surface area contributed by atoms with Crippen LogP contribution in [0.25, 0.3) is 17.0 Å². The van der Waals surface area contributed by atoms with Crippen molar-refractivity contribution in [1.29, 1.82) is 0 Å². The highest BCUT2D eigenvalue weighted by Crippen LogP contribution is 2.34. The van der Waals surface area contributed by atoms with E-state index in [1.165, 1.54) is 0 Å². The maximum atomic E-state index is 13.1. The Morgan fingerprint density at radius 3 is 2.53 bits per heavy atom. The fourth-order valence-electron chi connectivity index (χ4n) is 4.31. The van der Waals surface area contributed by atoms with Crippen LogP contribution in [0.3, 0.4) is 0 Å². The molecule has 0 aliphatic carbocycles. The van der Waals surface area contributed by atoms with Crippen molar-refractivity contribution in [2.75, 3.05) is 13.2 Å². The summed E-state index contributed by atoms with van der Waals surface area (Å²) < 4.78 is 7.93. The van der Waals surface area contributed by atoms with E-state index in [4.69, 9.17) is 16.3 Å². The summed E-state index contributed by atoms with van der Waals surface area (Å²) in [6.45, 7) is 2.85. The molecule has 1 saturated heterocycles. The number of thioether (sulfide) groups is 1. The molecule has 6 nitrogen and oxygen atoms in total. The Morgan fingerprint density at radius 2 is 1.74 bits per heavy atom. The van der Waals surface area contributed by atoms with Gasteiger partial charge in [-0.1, -0.05) is 71.8 Å². The maximum absolute atomic E-state index is 13.1. The van der Waals surface area contributed by atoms with Crippen LogP contribution in [0.15, 0.2) is 83.9 Å². The number of benzene rings is 3. The van der Waals surface area contributed by atoms with Gasteiger partial charge in [0.05, 0.1) is 23.1 Å². The van der Waals surface area contributed by atoms with Gasteiger partial charge in [0.15, 0.2) is 5.78 Å². The number of Topliss-reactive ketones (excluding diaryl/α,β-unsaturated/α-hetero) is 1. The number of ether oxygens (including phenoxy) is 1. The van der Waals surface area contributed by atoms with Crippen LogP contribution in [0.5, 0.6) is 5.75 Å². The van der Waals surface area contributed by atoms with Crippen molar-refractivity contribution in [2.45, 2.75) is 19.9 Å². The van der Waals surface area contributed by atoms with E-state index < -0.39 is 11.1 Å². The summed E-state index contributed by atoms with van der Waals surface area (Å²) in [4.78, 5) is 39.7. The first kappa shape index (κ1) is 25.8. The smallest absolute Gasteiger partial charge is 0.293 e. The molecule has 192 valence electrons. The Morgan fingerprint density at radius 1 is 1.00 bits per heavy atom. The first-order valence-corrected chi connectivity index (χ1v) is 13.4. The first-order valence-electron chi connectivity index (χ1n) is 12.2. The fraction of sp³-hybridized carbons (Fsp3) is 0.167. The van der Waals surface area contributed by atoms with Gasteiger partial charge in [-0.25, -0.2) is 0 Å². The molecule has 4 aromatic rings. The second kappa shape index (κ2) is 11.3. The molecule has 0 saturated carbocycles. The number of halogens is 1. The highest BCUT2D eigenvalue weighted by atomic mass is 35.5. The fourth-order valence-corrected chi connectivity index (χ4v) is 5.33. The Kier molecular flexibility index (Phi) is 7.67. The summed E-state index contributed by atoms with van der Waals surface area (Å²) in [7, 11) is 0. The summed E-state index contributed by atoms with van der Waals surface area (Å²) in [6.07, 6.45) is 4.47. The second-order valence-corrected chi connectivity index (χ2v) is 10.4. The van der Waals surface area contributed by atoms with Crippen LogP contribution in [-0.2, 0) is 11.3 Å². The van der Waals surface area contributed by atoms with Crippen molar-refractivity contribution < 1.29 is 19.1 Å². The van der Waals surface area contributed by atoms with Gasteiger partial charge in [0.25, 0.3) is 11.1 Å². The second-order valence-electron chi connectivity index (χ2n) is 8.98. The van der Waals surface area contributed by atoms with E-state index in [2.05, 4.69) is 4.57 Å². The number of ketones is 1. The van der Waals surface area contributed by atoms with Crippen LogP contribution >= 0.6 is 23.4 Å². The maximum Gasteiger partial charge on any atom is 0.293 e. The lowest BCUT2D eigenvalue weighted by Crippen LogP contribution is -2.33. The quantitative estimate of drug-likeness (QED) is 0.129. The van der Waals surface area contributed by atoms with Crippen molar-refractivity contribution in [1.82, 2.24) is 9.47 Å². The molecule has 2 heterocycles. The normalized spacial score (nSPS) is 14.6. The van der Waals surface area contributed by atoms with Crippen LogP contribution in [0, 0.1) is 6.92 Å². The molecule has 0 atom stereocenters. The average Bonchev–Trinajstić information content (AvgIpc) is 3.39. The number of para-hydroxylation sites is 2. The third-order valence-corrected chi connectivity index (χ3v) is 7.51. The number of rotatable bonds is 9. The molecule has 0 radical (unpaired) electrons. The lowest BCUT2D eigenvalue weighted by Gasteiger charge is -2.11. The first-order chi connectivity index (χ1) is 18.4. The zero-order chi connectivity index (χ0) is 26.6. The SMILES string of the molecule is Cc1ccc(C(=O)CN2C(=O)S/C(=C\c3cn(CCCOc4ccccc4Cl)c4ccccc34)C2=O)cc1. The highest BCUT2D eigenvalue weighted by Gasteiger charge is 2.36. The molecule has 1 aliphatic rings. The third kappa shape index (κ3) is 5.54. The molecule has 0 unspecified atom stereocenters. The number of imide groups is 1. The lowest BCUT2D eigenvalue weighted by molar-refractivity contribution is -0.122. The largest absolute Gasteiger partial charge is 0.492 e. The summed E-state index contributed by atoms with van der Waals surface area (Å²) in [5, 5.41) is 1.11. The number of hydrogen-bond acceptors (Lipinski definition) is 5. The van der Waals surface area contributed by atoms with E-state index in [0.29, 0.717) is 34.4 Å². The standard InChI is InChI=1S/C30H25ClN2O4S/c1-20-11-13-21(14-12-20)26(34)19-33-29(35)28(38-30(33)36)17-22-18-32(25-9-4-2-7-23(22)25)15-6-16-37-27-10-5-3-8-24(27)31/h2-5,7-14,17-18H,6,15-16,19H2,1H3/b28-17-. The number of nitrogens with zero attached hydrogens (tertiary/aromatic N) is 2. The van der Waals surface area contributed by atoms with Crippen LogP contribution in [0.2, 0.25) is 5.02 Å². The van der Waals surface area contributed by atoms with Gasteiger partial charge in [0.2, 0.25) is 0 Å². The van der Waals surface area contributed by atoms with Gasteiger partial charge in [-0.3, -0.25) is 19.3 Å². The van der Waals surface area contributed by atoms with Gasteiger partial charge in [0, 0.05) is 34.8 Å². The van der Waals surface area contributed by atoms with Crippen LogP contribution in [-0.4, -0.2) is 39.5 Å². The molecule has 0 bridgehead atoms. The number of aryl methyl sites for hydroxylation is 2. The van der Waals surface area contributed by atoms with Crippen molar-refractivity contribution >= 4 is 57.3 Å². The molecule has 1 aromatic heterocycles. The molecule has 1 fully saturated rings. The van der Waals surface area contributed by atoms with Crippen LogP contribution in [0.4, 0.5) is 4.79 Å². The van der Waals surface area contributed by atoms with E-state index >= 15 is 0 Å². The Bertz CT molecular complexity index is 1560. The average molecular weight is 545 g/mol. The summed E-state index contributed by atoms with van der Waals surface area (Å²) >= 11 is 7.03. The van der Waals surface area contributed by atoms with Crippen molar-refractivity contribution in [3.05, 3.63) is 106 Å². The monoisotopic (exact) mass is 544 g/mol. The molecule has 0 spiro atoms. The minimum absolute atomic E-state index is 0.274. The molecule has 5 rings (SSSR count). The Hall–Kier alpha value is -3.81. The van der Waals surface area contributed by atoms with Gasteiger partial charge in [-0.05, 0) is 49.4 Å². The van der Waals surface area contributed by atoms with E-state index in [1.807, 2.05) is 67.7 Å². The van der Waals surface area contributed by atoms with Gasteiger partial charge in [0.1, 0.15) is 5.75 Å². The molecule has 1 aliphatic heterocycles. The minimum Gasteiger partial charge on any atom is -0.492 e. The summed E-state index contributed by atoms with van der Waals surface area (Å²) in [6, 6.07) is 22.4. The summed E-state index contributed by atoms with van der Waals surface area (Å²) in [5.74, 6) is -0.0709. The van der Waals surface area contributed by atoms with Crippen molar-refractivity contribution in [3.8, 4) is 5.75 Å². The molecule has 3 aromatic carbocycles. The van der Waals surface area contributed by atoms with Crippen molar-refractivity contribution in [3.63, 3.8) is 0 Å². The summed E-state index contributed by atoms with van der Waals surface area (Å²) in [5.41, 5.74) is 3.36. The van der Waals surface area contributed by atoms with Crippen LogP contribution < -0.4 is 4.74 Å². The Labute approximate surface area is 229 Å². The van der Waals surface area contributed by atoms with Crippen LogP contribution in [0.1, 0.15) is 27.9 Å². The molecule has 38 heavy (non-hydrogen) atoms. The van der Waals surface area contributed by atoms with E-state index in [9.17, 15) is 14.4 Å². The van der Waals surface area contributed by atoms with Crippen molar-refractivity contribution in [2.24, 2.45) is 0 Å². The number of hydrogen-bond donors (Lipinski definition) is 0. The van der Waals surface area contributed by atoms with E-state index in [1.54, 1.807) is 24.3 Å². The van der Waals surface area contributed by atoms with E-state index in [-0.39, 0.29) is 12.3 Å². The predicted octanol–water partition coefficient (Wildman–Crippen LogP) is 6.99. The highest BCUT2D eigenvalue weighted by molar-refractivity contribution is 8.18. The molecular weight excluding hydrogens is 520 g/mol. The lowest BCUT2D eigenvalue weighted by atomic mass is 10.1. The number of fused-ring (bicyclic) bond motifs is 1.